The van der Waals surface area contributed by atoms with E-state index in [0.717, 1.165) is 11.3 Å². The van der Waals surface area contributed by atoms with Crippen molar-refractivity contribution in [2.24, 2.45) is 0 Å². The summed E-state index contributed by atoms with van der Waals surface area (Å²) in [5.41, 5.74) is 2.18. The highest BCUT2D eigenvalue weighted by Gasteiger charge is 2.10. The van der Waals surface area contributed by atoms with E-state index in [-0.39, 0.29) is 0 Å². The van der Waals surface area contributed by atoms with Crippen LogP contribution in [-0.4, -0.2) is 29.3 Å². The smallest absolute Gasteiger partial charge is 0.488 e. The number of methoxy groups -OCH3 is 1. The standard InChI is InChI=1S/C12H12BNO3/c1-17-11-6-7-12(14-8-11)9-2-4-10(5-3-9)13(15)16/h2-8,15-16H,1H3. The lowest BCUT2D eigenvalue weighted by molar-refractivity contribution is 0.413. The molecule has 86 valence electrons. The first-order chi connectivity index (χ1) is 8.20. The fourth-order valence-electron chi connectivity index (χ4n) is 1.50. The zero-order valence-corrected chi connectivity index (χ0v) is 9.37. The largest absolute Gasteiger partial charge is 0.495 e. The van der Waals surface area contributed by atoms with Crippen LogP contribution in [-0.2, 0) is 0 Å². The molecule has 0 aliphatic carbocycles. The van der Waals surface area contributed by atoms with Gasteiger partial charge in [0.25, 0.3) is 0 Å². The van der Waals surface area contributed by atoms with Gasteiger partial charge in [-0.1, -0.05) is 24.3 Å². The lowest BCUT2D eigenvalue weighted by Gasteiger charge is -2.04. The fraction of sp³-hybridized carbons (Fsp3) is 0.0833. The summed E-state index contributed by atoms with van der Waals surface area (Å²) in [5, 5.41) is 18.0. The minimum absolute atomic E-state index is 0.460. The average Bonchev–Trinajstić information content (AvgIpc) is 2.39. The van der Waals surface area contributed by atoms with Crippen LogP contribution in [0.2, 0.25) is 0 Å². The SMILES string of the molecule is COc1ccc(-c2ccc(B(O)O)cc2)nc1. The van der Waals surface area contributed by atoms with Crippen LogP contribution in [0.25, 0.3) is 11.3 Å². The maximum atomic E-state index is 8.98. The molecule has 0 amide bonds. The van der Waals surface area contributed by atoms with Crippen molar-refractivity contribution in [3.63, 3.8) is 0 Å². The maximum Gasteiger partial charge on any atom is 0.488 e. The molecule has 0 fully saturated rings. The number of hydrogen-bond donors (Lipinski definition) is 2. The summed E-state index contributed by atoms with van der Waals surface area (Å²) in [7, 11) is 0.154. The normalized spacial score (nSPS) is 10.1. The second kappa shape index (κ2) is 4.99. The lowest BCUT2D eigenvalue weighted by atomic mass is 9.80. The second-order valence-electron chi connectivity index (χ2n) is 3.58. The summed E-state index contributed by atoms with van der Waals surface area (Å²) in [5.74, 6) is 0.705. The van der Waals surface area contributed by atoms with E-state index in [1.54, 1.807) is 37.6 Å². The van der Waals surface area contributed by atoms with Gasteiger partial charge in [0.05, 0.1) is 19.0 Å². The Morgan fingerprint density at radius 2 is 1.76 bits per heavy atom. The molecule has 0 aliphatic rings. The molecule has 0 aliphatic heterocycles. The Hall–Kier alpha value is -1.85. The van der Waals surface area contributed by atoms with E-state index in [9.17, 15) is 0 Å². The molecular formula is C12H12BNO3. The molecule has 1 heterocycles. The molecule has 2 rings (SSSR count). The summed E-state index contributed by atoms with van der Waals surface area (Å²) in [6.45, 7) is 0. The van der Waals surface area contributed by atoms with Crippen molar-refractivity contribution in [1.29, 1.82) is 0 Å². The van der Waals surface area contributed by atoms with E-state index in [2.05, 4.69) is 4.98 Å². The molecule has 2 N–H and O–H groups in total. The average molecular weight is 229 g/mol. The van der Waals surface area contributed by atoms with E-state index in [4.69, 9.17) is 14.8 Å². The van der Waals surface area contributed by atoms with Crippen LogP contribution >= 0.6 is 0 Å². The van der Waals surface area contributed by atoms with Crippen molar-refractivity contribution < 1.29 is 14.8 Å². The first-order valence-corrected chi connectivity index (χ1v) is 5.17. The molecule has 0 radical (unpaired) electrons. The van der Waals surface area contributed by atoms with Gasteiger partial charge in [-0.3, -0.25) is 4.98 Å². The van der Waals surface area contributed by atoms with Crippen molar-refractivity contribution in [2.45, 2.75) is 0 Å². The number of nitrogens with zero attached hydrogens (tertiary/aromatic N) is 1. The Balaban J connectivity index is 2.26. The van der Waals surface area contributed by atoms with Crippen molar-refractivity contribution in [2.75, 3.05) is 7.11 Å². The Kier molecular flexibility index (Phi) is 3.42. The summed E-state index contributed by atoms with van der Waals surface area (Å²) < 4.78 is 5.03. The number of hydrogen-bond acceptors (Lipinski definition) is 4. The first kappa shape index (κ1) is 11.6. The van der Waals surface area contributed by atoms with Crippen LogP contribution in [0.5, 0.6) is 5.75 Å². The molecule has 0 saturated carbocycles. The van der Waals surface area contributed by atoms with Crippen LogP contribution < -0.4 is 10.2 Å². The molecular weight excluding hydrogens is 217 g/mol. The highest BCUT2D eigenvalue weighted by molar-refractivity contribution is 6.58. The number of rotatable bonds is 3. The van der Waals surface area contributed by atoms with Crippen molar-refractivity contribution in [3.05, 3.63) is 42.6 Å². The molecule has 2 aromatic rings. The van der Waals surface area contributed by atoms with E-state index in [1.165, 1.54) is 0 Å². The molecule has 4 nitrogen and oxygen atoms in total. The van der Waals surface area contributed by atoms with Gasteiger partial charge in [0.1, 0.15) is 5.75 Å². The monoisotopic (exact) mass is 229 g/mol. The lowest BCUT2D eigenvalue weighted by Crippen LogP contribution is -2.29. The molecule has 1 aromatic heterocycles. The third kappa shape index (κ3) is 2.64. The predicted molar refractivity (Wildman–Crippen MR) is 66.1 cm³/mol. The van der Waals surface area contributed by atoms with Crippen LogP contribution in [0.3, 0.4) is 0 Å². The highest BCUT2D eigenvalue weighted by Crippen LogP contribution is 2.18. The molecule has 0 bridgehead atoms. The summed E-state index contributed by atoms with van der Waals surface area (Å²) in [4.78, 5) is 4.24. The number of pyridine rings is 1. The Labute approximate surface area is 99.7 Å². The molecule has 0 unspecified atom stereocenters. The van der Waals surface area contributed by atoms with Gasteiger partial charge in [0.15, 0.2) is 0 Å². The van der Waals surface area contributed by atoms with E-state index in [0.29, 0.717) is 11.2 Å². The molecule has 0 atom stereocenters. The Morgan fingerprint density at radius 3 is 2.24 bits per heavy atom. The fourth-order valence-corrected chi connectivity index (χ4v) is 1.50. The molecule has 1 aromatic carbocycles. The maximum absolute atomic E-state index is 8.98. The van der Waals surface area contributed by atoms with E-state index >= 15 is 0 Å². The molecule has 5 heteroatoms. The quantitative estimate of drug-likeness (QED) is 0.749. The number of benzene rings is 1. The van der Waals surface area contributed by atoms with Gasteiger partial charge in [0, 0.05) is 5.56 Å². The van der Waals surface area contributed by atoms with Gasteiger partial charge in [0.2, 0.25) is 0 Å². The summed E-state index contributed by atoms with van der Waals surface area (Å²) in [6, 6.07) is 10.6. The van der Waals surface area contributed by atoms with Crippen LogP contribution in [0, 0.1) is 0 Å². The van der Waals surface area contributed by atoms with Crippen molar-refractivity contribution >= 4 is 12.6 Å². The molecule has 0 saturated heterocycles. The van der Waals surface area contributed by atoms with Gasteiger partial charge < -0.3 is 14.8 Å². The molecule has 0 spiro atoms. The van der Waals surface area contributed by atoms with Gasteiger partial charge >= 0.3 is 7.12 Å². The number of ether oxygens (including phenoxy) is 1. The zero-order chi connectivity index (χ0) is 12.3. The number of aromatic nitrogens is 1. The predicted octanol–water partition coefficient (Wildman–Crippen LogP) is 0.437. The Bertz CT molecular complexity index is 482. The highest BCUT2D eigenvalue weighted by atomic mass is 16.5. The van der Waals surface area contributed by atoms with Gasteiger partial charge in [-0.05, 0) is 17.6 Å². The second-order valence-corrected chi connectivity index (χ2v) is 3.58. The summed E-state index contributed by atoms with van der Waals surface area (Å²) in [6.07, 6.45) is 1.64. The minimum atomic E-state index is -1.44. The van der Waals surface area contributed by atoms with Crippen LogP contribution in [0.15, 0.2) is 42.6 Å². The first-order valence-electron chi connectivity index (χ1n) is 5.17. The zero-order valence-electron chi connectivity index (χ0n) is 9.37. The third-order valence-corrected chi connectivity index (χ3v) is 2.48. The van der Waals surface area contributed by atoms with Gasteiger partial charge in [-0.15, -0.1) is 0 Å². The minimum Gasteiger partial charge on any atom is -0.495 e. The van der Waals surface area contributed by atoms with Gasteiger partial charge in [-0.25, -0.2) is 0 Å². The van der Waals surface area contributed by atoms with Crippen LogP contribution in [0.1, 0.15) is 0 Å². The van der Waals surface area contributed by atoms with Crippen molar-refractivity contribution in [3.8, 4) is 17.0 Å². The van der Waals surface area contributed by atoms with Crippen LogP contribution in [0.4, 0.5) is 0 Å². The summed E-state index contributed by atoms with van der Waals surface area (Å²) >= 11 is 0. The van der Waals surface area contributed by atoms with Crippen molar-refractivity contribution in [1.82, 2.24) is 4.98 Å². The van der Waals surface area contributed by atoms with Gasteiger partial charge in [-0.2, -0.15) is 0 Å². The Morgan fingerprint density at radius 1 is 1.06 bits per heavy atom. The molecule has 17 heavy (non-hydrogen) atoms. The van der Waals surface area contributed by atoms with E-state index < -0.39 is 7.12 Å². The topological polar surface area (TPSA) is 62.6 Å². The van der Waals surface area contributed by atoms with E-state index in [1.807, 2.05) is 12.1 Å². The third-order valence-electron chi connectivity index (χ3n) is 2.48.